The van der Waals surface area contributed by atoms with Gasteiger partial charge in [0.05, 0.1) is 24.4 Å². The lowest BCUT2D eigenvalue weighted by Crippen LogP contribution is -2.20. The van der Waals surface area contributed by atoms with Gasteiger partial charge < -0.3 is 15.1 Å². The van der Waals surface area contributed by atoms with Crippen molar-refractivity contribution in [1.29, 1.82) is 0 Å². The first kappa shape index (κ1) is 19.1. The standard InChI is InChI=1S/C26H23N3O2/c1-16-8-13-21-20(14-16)24(18-6-4-3-5-7-18)25(26(30)27-21)23-15-22(28-29-23)17-9-11-19(31-2)12-10-17/h3-14,22,28H,15H2,1-2H3,(H,27,30)/t22-/m1/s1. The quantitative estimate of drug-likeness (QED) is 0.501. The van der Waals surface area contributed by atoms with Crippen molar-refractivity contribution in [2.75, 3.05) is 7.11 Å². The van der Waals surface area contributed by atoms with E-state index in [2.05, 4.69) is 28.5 Å². The summed E-state index contributed by atoms with van der Waals surface area (Å²) in [4.78, 5) is 16.3. The summed E-state index contributed by atoms with van der Waals surface area (Å²) in [7, 11) is 1.66. The summed E-state index contributed by atoms with van der Waals surface area (Å²) in [6, 6.07) is 24.1. The number of benzene rings is 3. The first-order valence-corrected chi connectivity index (χ1v) is 10.3. The van der Waals surface area contributed by atoms with Crippen LogP contribution in [-0.2, 0) is 0 Å². The number of methoxy groups -OCH3 is 1. The van der Waals surface area contributed by atoms with Crippen LogP contribution >= 0.6 is 0 Å². The van der Waals surface area contributed by atoms with E-state index >= 15 is 0 Å². The van der Waals surface area contributed by atoms with E-state index in [0.717, 1.165) is 44.6 Å². The lowest BCUT2D eigenvalue weighted by Gasteiger charge is -2.14. The lowest BCUT2D eigenvalue weighted by atomic mass is 9.90. The number of aryl methyl sites for hydroxylation is 1. The van der Waals surface area contributed by atoms with Crippen LogP contribution in [0.5, 0.6) is 5.75 Å². The number of rotatable bonds is 4. The molecule has 1 aromatic heterocycles. The number of H-pyrrole nitrogens is 1. The normalized spacial score (nSPS) is 15.5. The average molecular weight is 409 g/mol. The topological polar surface area (TPSA) is 66.5 Å². The van der Waals surface area contributed by atoms with Gasteiger partial charge in [-0.2, -0.15) is 5.10 Å². The second-order valence-electron chi connectivity index (χ2n) is 7.84. The molecule has 0 aliphatic carbocycles. The fourth-order valence-electron chi connectivity index (χ4n) is 4.21. The van der Waals surface area contributed by atoms with Gasteiger partial charge in [0.15, 0.2) is 0 Å². The van der Waals surface area contributed by atoms with E-state index in [0.29, 0.717) is 12.0 Å². The Labute approximate surface area is 180 Å². The molecule has 1 atom stereocenters. The third-order valence-corrected chi connectivity index (χ3v) is 5.79. The maximum atomic E-state index is 13.2. The number of pyridine rings is 1. The number of hydrazone groups is 1. The van der Waals surface area contributed by atoms with Crippen LogP contribution in [0.3, 0.4) is 0 Å². The highest BCUT2D eigenvalue weighted by Gasteiger charge is 2.26. The molecule has 2 heterocycles. The average Bonchev–Trinajstić information content (AvgIpc) is 3.29. The molecule has 0 saturated carbocycles. The smallest absolute Gasteiger partial charge is 0.258 e. The van der Waals surface area contributed by atoms with Crippen LogP contribution in [0.25, 0.3) is 22.0 Å². The number of nitrogens with zero attached hydrogens (tertiary/aromatic N) is 1. The third-order valence-electron chi connectivity index (χ3n) is 5.79. The maximum Gasteiger partial charge on any atom is 0.258 e. The summed E-state index contributed by atoms with van der Waals surface area (Å²) in [5.41, 5.74) is 9.52. The third kappa shape index (κ3) is 3.48. The number of hydrogen-bond acceptors (Lipinski definition) is 4. The van der Waals surface area contributed by atoms with E-state index in [-0.39, 0.29) is 11.6 Å². The van der Waals surface area contributed by atoms with Crippen molar-refractivity contribution in [2.45, 2.75) is 19.4 Å². The van der Waals surface area contributed by atoms with E-state index in [4.69, 9.17) is 4.74 Å². The highest BCUT2D eigenvalue weighted by atomic mass is 16.5. The molecule has 0 amide bonds. The minimum atomic E-state index is -0.119. The molecule has 0 fully saturated rings. The van der Waals surface area contributed by atoms with Gasteiger partial charge in [0.2, 0.25) is 0 Å². The van der Waals surface area contributed by atoms with Crippen molar-refractivity contribution < 1.29 is 4.74 Å². The number of ether oxygens (including phenoxy) is 1. The zero-order chi connectivity index (χ0) is 21.4. The monoisotopic (exact) mass is 409 g/mol. The van der Waals surface area contributed by atoms with Gasteiger partial charge in [0, 0.05) is 22.9 Å². The van der Waals surface area contributed by atoms with Crippen LogP contribution in [0, 0.1) is 6.92 Å². The van der Waals surface area contributed by atoms with Crippen LogP contribution < -0.4 is 15.7 Å². The summed E-state index contributed by atoms with van der Waals surface area (Å²) >= 11 is 0. The zero-order valence-electron chi connectivity index (χ0n) is 17.5. The minimum absolute atomic E-state index is 0.0112. The maximum absolute atomic E-state index is 13.2. The Hall–Kier alpha value is -3.86. The molecule has 1 aliphatic heterocycles. The van der Waals surface area contributed by atoms with Gasteiger partial charge in [-0.25, -0.2) is 0 Å². The van der Waals surface area contributed by atoms with Crippen molar-refractivity contribution in [3.05, 3.63) is 99.8 Å². The number of nitrogens with one attached hydrogen (secondary N) is 2. The summed E-state index contributed by atoms with van der Waals surface area (Å²) in [5.74, 6) is 0.815. The number of hydrogen-bond donors (Lipinski definition) is 2. The van der Waals surface area contributed by atoms with Crippen LogP contribution in [0.2, 0.25) is 0 Å². The first-order valence-electron chi connectivity index (χ1n) is 10.3. The SMILES string of the molecule is COc1ccc([C@H]2CC(c3c(-c4ccccc4)c4cc(C)ccc4[nH]c3=O)=NN2)cc1. The molecular weight excluding hydrogens is 386 g/mol. The number of aromatic amines is 1. The van der Waals surface area contributed by atoms with Crippen LogP contribution in [0.4, 0.5) is 0 Å². The number of aromatic nitrogens is 1. The second kappa shape index (κ2) is 7.76. The molecule has 5 nitrogen and oxygen atoms in total. The van der Waals surface area contributed by atoms with E-state index in [1.807, 2.05) is 66.7 Å². The van der Waals surface area contributed by atoms with Gasteiger partial charge in [0.25, 0.3) is 5.56 Å². The summed E-state index contributed by atoms with van der Waals surface area (Å²) < 4.78 is 5.26. The van der Waals surface area contributed by atoms with Crippen LogP contribution in [0.1, 0.15) is 29.2 Å². The van der Waals surface area contributed by atoms with Crippen molar-refractivity contribution >= 4 is 16.6 Å². The molecule has 0 unspecified atom stereocenters. The zero-order valence-corrected chi connectivity index (χ0v) is 17.5. The van der Waals surface area contributed by atoms with E-state index in [1.165, 1.54) is 0 Å². The Morgan fingerprint density at radius 3 is 2.48 bits per heavy atom. The first-order chi connectivity index (χ1) is 15.1. The summed E-state index contributed by atoms with van der Waals surface area (Å²) in [6.45, 7) is 2.06. The van der Waals surface area contributed by atoms with Crippen molar-refractivity contribution in [3.8, 4) is 16.9 Å². The van der Waals surface area contributed by atoms with Crippen molar-refractivity contribution in [1.82, 2.24) is 10.4 Å². The van der Waals surface area contributed by atoms with Gasteiger partial charge in [-0.1, -0.05) is 54.1 Å². The van der Waals surface area contributed by atoms with Gasteiger partial charge >= 0.3 is 0 Å². The van der Waals surface area contributed by atoms with Gasteiger partial charge in [0.1, 0.15) is 5.75 Å². The van der Waals surface area contributed by atoms with E-state index in [1.54, 1.807) is 7.11 Å². The highest BCUT2D eigenvalue weighted by Crippen LogP contribution is 2.33. The van der Waals surface area contributed by atoms with Crippen molar-refractivity contribution in [3.63, 3.8) is 0 Å². The second-order valence-corrected chi connectivity index (χ2v) is 7.84. The number of fused-ring (bicyclic) bond motifs is 1. The molecule has 4 aromatic rings. The minimum Gasteiger partial charge on any atom is -0.497 e. The molecule has 3 aromatic carbocycles. The summed E-state index contributed by atoms with van der Waals surface area (Å²) in [6.07, 6.45) is 0.632. The molecular formula is C26H23N3O2. The van der Waals surface area contributed by atoms with E-state index < -0.39 is 0 Å². The van der Waals surface area contributed by atoms with Gasteiger partial charge in [-0.15, -0.1) is 0 Å². The molecule has 5 heteroatoms. The molecule has 2 N–H and O–H groups in total. The van der Waals surface area contributed by atoms with Gasteiger partial charge in [-0.05, 0) is 42.3 Å². The molecule has 5 rings (SSSR count). The van der Waals surface area contributed by atoms with E-state index in [9.17, 15) is 4.79 Å². The molecule has 31 heavy (non-hydrogen) atoms. The Kier molecular flexibility index (Phi) is 4.79. The van der Waals surface area contributed by atoms with Gasteiger partial charge in [-0.3, -0.25) is 4.79 Å². The Morgan fingerprint density at radius 2 is 1.74 bits per heavy atom. The lowest BCUT2D eigenvalue weighted by molar-refractivity contribution is 0.414. The fourth-order valence-corrected chi connectivity index (χ4v) is 4.21. The molecule has 0 spiro atoms. The predicted octanol–water partition coefficient (Wildman–Crippen LogP) is 4.95. The summed E-state index contributed by atoms with van der Waals surface area (Å²) in [5, 5.41) is 5.62. The van der Waals surface area contributed by atoms with Crippen LogP contribution in [0.15, 0.2) is 82.7 Å². The largest absolute Gasteiger partial charge is 0.497 e. The van der Waals surface area contributed by atoms with Crippen LogP contribution in [-0.4, -0.2) is 17.8 Å². The Balaban J connectivity index is 1.63. The molecule has 0 bridgehead atoms. The predicted molar refractivity (Wildman–Crippen MR) is 125 cm³/mol. The fraction of sp³-hybridized carbons (Fsp3) is 0.154. The molecule has 0 radical (unpaired) electrons. The Morgan fingerprint density at radius 1 is 0.968 bits per heavy atom. The highest BCUT2D eigenvalue weighted by molar-refractivity contribution is 6.12. The van der Waals surface area contributed by atoms with Crippen molar-refractivity contribution in [2.24, 2.45) is 5.10 Å². The molecule has 1 aliphatic rings. The Bertz CT molecular complexity index is 1340. The molecule has 0 saturated heterocycles. The molecule has 154 valence electrons.